The van der Waals surface area contributed by atoms with Crippen molar-refractivity contribution in [2.24, 2.45) is 5.92 Å². The van der Waals surface area contributed by atoms with E-state index in [1.54, 1.807) is 0 Å². The summed E-state index contributed by atoms with van der Waals surface area (Å²) in [5, 5.41) is 0.880. The van der Waals surface area contributed by atoms with Gasteiger partial charge in [0.25, 0.3) is 0 Å². The molecule has 21 heavy (non-hydrogen) atoms. The van der Waals surface area contributed by atoms with Crippen LogP contribution in [0.15, 0.2) is 36.4 Å². The number of hydrogen-bond acceptors (Lipinski definition) is 1. The summed E-state index contributed by atoms with van der Waals surface area (Å²) in [6, 6.07) is 12.5. The molecular formula is C17H19BrN2O. The molecule has 1 aromatic carbocycles. The Hall–Kier alpha value is -1.55. The lowest BCUT2D eigenvalue weighted by molar-refractivity contribution is -0.117. The first kappa shape index (κ1) is 14.4. The molecule has 2 heterocycles. The zero-order valence-electron chi connectivity index (χ0n) is 12.3. The maximum absolute atomic E-state index is 12.2. The van der Waals surface area contributed by atoms with E-state index >= 15 is 0 Å². The third-order valence-corrected chi connectivity index (χ3v) is 5.01. The molecule has 1 atom stereocenters. The molecule has 1 unspecified atom stereocenters. The van der Waals surface area contributed by atoms with Crippen molar-refractivity contribution in [1.29, 1.82) is 0 Å². The van der Waals surface area contributed by atoms with Gasteiger partial charge in [-0.25, -0.2) is 0 Å². The molecule has 0 aliphatic carbocycles. The summed E-state index contributed by atoms with van der Waals surface area (Å²) in [6.07, 6.45) is 0.636. The summed E-state index contributed by atoms with van der Waals surface area (Å²) in [5.74, 6) is 0.633. The van der Waals surface area contributed by atoms with E-state index in [4.69, 9.17) is 0 Å². The van der Waals surface area contributed by atoms with Crippen LogP contribution in [-0.4, -0.2) is 22.3 Å². The number of rotatable bonds is 3. The third-order valence-electron chi connectivity index (χ3n) is 4.09. The van der Waals surface area contributed by atoms with Gasteiger partial charge in [-0.2, -0.15) is 0 Å². The number of halogens is 1. The Morgan fingerprint density at radius 2 is 1.81 bits per heavy atom. The predicted molar refractivity (Wildman–Crippen MR) is 89.5 cm³/mol. The standard InChI is InChI=1S/C17H19BrN2O/c1-12-6-7-13(2)20(12)16-5-3-4-15(9-16)19-11-14(10-18)8-17(19)21/h3-7,9,14H,8,10-11H2,1-2H3. The minimum Gasteiger partial charge on any atom is -0.318 e. The van der Waals surface area contributed by atoms with Gasteiger partial charge in [-0.05, 0) is 50.1 Å². The Labute approximate surface area is 133 Å². The van der Waals surface area contributed by atoms with Crippen molar-refractivity contribution in [2.45, 2.75) is 20.3 Å². The van der Waals surface area contributed by atoms with Crippen LogP contribution in [0.2, 0.25) is 0 Å². The van der Waals surface area contributed by atoms with Crippen molar-refractivity contribution < 1.29 is 4.79 Å². The highest BCUT2D eigenvalue weighted by molar-refractivity contribution is 9.09. The second-order valence-electron chi connectivity index (χ2n) is 5.70. The van der Waals surface area contributed by atoms with Gasteiger partial charge in [0.15, 0.2) is 0 Å². The molecule has 0 N–H and O–H groups in total. The average Bonchev–Trinajstić information content (AvgIpc) is 3.02. The molecule has 4 heteroatoms. The van der Waals surface area contributed by atoms with Crippen molar-refractivity contribution in [3.05, 3.63) is 47.8 Å². The van der Waals surface area contributed by atoms with Gasteiger partial charge in [0, 0.05) is 41.1 Å². The summed E-state index contributed by atoms with van der Waals surface area (Å²) in [6.45, 7) is 5.00. The lowest BCUT2D eigenvalue weighted by Crippen LogP contribution is -2.24. The summed E-state index contributed by atoms with van der Waals surface area (Å²) in [4.78, 5) is 14.1. The van der Waals surface area contributed by atoms with Crippen LogP contribution in [0.3, 0.4) is 0 Å². The zero-order valence-corrected chi connectivity index (χ0v) is 13.9. The van der Waals surface area contributed by atoms with E-state index in [-0.39, 0.29) is 5.91 Å². The smallest absolute Gasteiger partial charge is 0.227 e. The van der Waals surface area contributed by atoms with Crippen LogP contribution in [0.5, 0.6) is 0 Å². The second kappa shape index (κ2) is 5.68. The first-order valence-corrected chi connectivity index (χ1v) is 8.34. The second-order valence-corrected chi connectivity index (χ2v) is 6.35. The highest BCUT2D eigenvalue weighted by Gasteiger charge is 2.29. The van der Waals surface area contributed by atoms with Gasteiger partial charge >= 0.3 is 0 Å². The van der Waals surface area contributed by atoms with E-state index in [0.717, 1.165) is 23.2 Å². The fraction of sp³-hybridized carbons (Fsp3) is 0.353. The van der Waals surface area contributed by atoms with Gasteiger partial charge in [-0.3, -0.25) is 4.79 Å². The van der Waals surface area contributed by atoms with Crippen molar-refractivity contribution in [1.82, 2.24) is 4.57 Å². The quantitative estimate of drug-likeness (QED) is 0.775. The minimum absolute atomic E-state index is 0.220. The SMILES string of the molecule is Cc1ccc(C)n1-c1cccc(N2CC(CBr)CC2=O)c1. The fourth-order valence-electron chi connectivity index (χ4n) is 3.01. The largest absolute Gasteiger partial charge is 0.318 e. The normalized spacial score (nSPS) is 18.5. The van der Waals surface area contributed by atoms with E-state index < -0.39 is 0 Å². The molecule has 0 radical (unpaired) electrons. The topological polar surface area (TPSA) is 25.2 Å². The monoisotopic (exact) mass is 346 g/mol. The fourth-order valence-corrected chi connectivity index (χ4v) is 3.44. The minimum atomic E-state index is 0.220. The Balaban J connectivity index is 1.96. The predicted octanol–water partition coefficient (Wildman–Crippen LogP) is 3.84. The van der Waals surface area contributed by atoms with Crippen LogP contribution in [0.25, 0.3) is 5.69 Å². The molecule has 0 spiro atoms. The maximum Gasteiger partial charge on any atom is 0.227 e. The maximum atomic E-state index is 12.2. The first-order valence-electron chi connectivity index (χ1n) is 7.22. The number of aromatic nitrogens is 1. The van der Waals surface area contributed by atoms with Gasteiger partial charge in [0.05, 0.1) is 0 Å². The van der Waals surface area contributed by atoms with Crippen molar-refractivity contribution in [3.8, 4) is 5.69 Å². The Morgan fingerprint density at radius 3 is 2.43 bits per heavy atom. The van der Waals surface area contributed by atoms with Gasteiger partial charge in [0.2, 0.25) is 5.91 Å². The van der Waals surface area contributed by atoms with Crippen molar-refractivity contribution >= 4 is 27.5 Å². The van der Waals surface area contributed by atoms with E-state index in [1.807, 2.05) is 17.0 Å². The van der Waals surface area contributed by atoms with Crippen LogP contribution in [0, 0.1) is 19.8 Å². The van der Waals surface area contributed by atoms with Gasteiger partial charge in [-0.1, -0.05) is 22.0 Å². The number of hydrogen-bond donors (Lipinski definition) is 0. The Bertz CT molecular complexity index is 658. The van der Waals surface area contributed by atoms with Crippen LogP contribution in [0.1, 0.15) is 17.8 Å². The average molecular weight is 347 g/mol. The van der Waals surface area contributed by atoms with Crippen LogP contribution in [0.4, 0.5) is 5.69 Å². The molecule has 2 aromatic rings. The van der Waals surface area contributed by atoms with Crippen LogP contribution >= 0.6 is 15.9 Å². The molecule has 0 saturated carbocycles. The number of carbonyl (C=O) groups excluding carboxylic acids is 1. The van der Waals surface area contributed by atoms with Crippen LogP contribution in [-0.2, 0) is 4.79 Å². The molecule has 0 bridgehead atoms. The van der Waals surface area contributed by atoms with Crippen LogP contribution < -0.4 is 4.90 Å². The zero-order chi connectivity index (χ0) is 15.0. The lowest BCUT2D eigenvalue weighted by Gasteiger charge is -2.18. The number of benzene rings is 1. The number of carbonyl (C=O) groups is 1. The molecule has 3 nitrogen and oxygen atoms in total. The number of alkyl halides is 1. The Kier molecular flexibility index (Phi) is 3.89. The molecule has 1 aromatic heterocycles. The summed E-state index contributed by atoms with van der Waals surface area (Å²) >= 11 is 3.49. The number of amides is 1. The van der Waals surface area contributed by atoms with Gasteiger partial charge < -0.3 is 9.47 Å². The molecule has 3 rings (SSSR count). The van der Waals surface area contributed by atoms with E-state index in [9.17, 15) is 4.79 Å². The van der Waals surface area contributed by atoms with E-state index in [1.165, 1.54) is 11.4 Å². The van der Waals surface area contributed by atoms with E-state index in [2.05, 4.69) is 58.6 Å². The highest BCUT2D eigenvalue weighted by atomic mass is 79.9. The van der Waals surface area contributed by atoms with Crippen molar-refractivity contribution in [3.63, 3.8) is 0 Å². The first-order chi connectivity index (χ1) is 10.1. The van der Waals surface area contributed by atoms with E-state index in [0.29, 0.717) is 12.3 Å². The number of anilines is 1. The molecule has 1 aliphatic rings. The molecule has 1 fully saturated rings. The van der Waals surface area contributed by atoms with Gasteiger partial charge in [-0.15, -0.1) is 0 Å². The van der Waals surface area contributed by atoms with Gasteiger partial charge in [0.1, 0.15) is 0 Å². The summed E-state index contributed by atoms with van der Waals surface area (Å²) < 4.78 is 2.21. The molecule has 1 aliphatic heterocycles. The third kappa shape index (κ3) is 2.64. The summed E-state index contributed by atoms with van der Waals surface area (Å²) in [5.41, 5.74) is 4.52. The molecule has 110 valence electrons. The lowest BCUT2D eigenvalue weighted by atomic mass is 10.2. The molecule has 1 saturated heterocycles. The number of aryl methyl sites for hydroxylation is 2. The Morgan fingerprint density at radius 1 is 1.14 bits per heavy atom. The number of nitrogens with zero attached hydrogens (tertiary/aromatic N) is 2. The summed E-state index contributed by atoms with van der Waals surface area (Å²) in [7, 11) is 0. The van der Waals surface area contributed by atoms with Crippen molar-refractivity contribution in [2.75, 3.05) is 16.8 Å². The highest BCUT2D eigenvalue weighted by Crippen LogP contribution is 2.28. The molecular weight excluding hydrogens is 328 g/mol. The molecule has 1 amide bonds.